The highest BCUT2D eigenvalue weighted by molar-refractivity contribution is 5.89. The first-order valence-corrected chi connectivity index (χ1v) is 6.60. The minimum atomic E-state index is -4.50. The molecule has 8 heteroatoms. The van der Waals surface area contributed by atoms with Crippen molar-refractivity contribution in [3.05, 3.63) is 17.8 Å². The quantitative estimate of drug-likeness (QED) is 0.926. The van der Waals surface area contributed by atoms with Gasteiger partial charge in [0.05, 0.1) is 0 Å². The SMILES string of the molecule is CC(=O)Nc1nc2ccc(C(F)(F)F)nc2n1C1CCC1. The Balaban J connectivity index is 2.17. The molecule has 0 bridgehead atoms. The van der Waals surface area contributed by atoms with Gasteiger partial charge in [0.2, 0.25) is 11.9 Å². The van der Waals surface area contributed by atoms with Crippen LogP contribution in [0.5, 0.6) is 0 Å². The molecule has 1 saturated carbocycles. The molecule has 0 saturated heterocycles. The average Bonchev–Trinajstić information content (AvgIpc) is 2.63. The zero-order valence-corrected chi connectivity index (χ0v) is 11.2. The number of nitrogens with zero attached hydrogens (tertiary/aromatic N) is 3. The first kappa shape index (κ1) is 13.8. The number of rotatable bonds is 2. The van der Waals surface area contributed by atoms with Gasteiger partial charge in [-0.1, -0.05) is 0 Å². The van der Waals surface area contributed by atoms with Crippen molar-refractivity contribution in [2.24, 2.45) is 0 Å². The van der Waals surface area contributed by atoms with Gasteiger partial charge < -0.3 is 0 Å². The van der Waals surface area contributed by atoms with Gasteiger partial charge in [-0.2, -0.15) is 13.2 Å². The molecule has 1 N–H and O–H groups in total. The summed E-state index contributed by atoms with van der Waals surface area (Å²) in [5.41, 5.74) is -0.443. The highest BCUT2D eigenvalue weighted by Gasteiger charge is 2.34. The Bertz CT molecular complexity index is 703. The maximum atomic E-state index is 12.8. The summed E-state index contributed by atoms with van der Waals surface area (Å²) in [6, 6.07) is 2.22. The van der Waals surface area contributed by atoms with Crippen molar-refractivity contribution < 1.29 is 18.0 Å². The van der Waals surface area contributed by atoms with Crippen LogP contribution >= 0.6 is 0 Å². The molecule has 3 rings (SSSR count). The number of fused-ring (bicyclic) bond motifs is 1. The highest BCUT2D eigenvalue weighted by Crippen LogP contribution is 2.37. The number of aromatic nitrogens is 3. The molecule has 0 radical (unpaired) electrons. The monoisotopic (exact) mass is 298 g/mol. The van der Waals surface area contributed by atoms with Crippen molar-refractivity contribution >= 4 is 23.0 Å². The van der Waals surface area contributed by atoms with Crippen molar-refractivity contribution in [3.8, 4) is 0 Å². The molecule has 0 unspecified atom stereocenters. The minimum absolute atomic E-state index is 0.0350. The van der Waals surface area contributed by atoms with Crippen LogP contribution in [0.25, 0.3) is 11.2 Å². The van der Waals surface area contributed by atoms with E-state index in [0.717, 1.165) is 25.3 Å². The normalized spacial score (nSPS) is 16.0. The van der Waals surface area contributed by atoms with Gasteiger partial charge in [0.1, 0.15) is 11.2 Å². The maximum Gasteiger partial charge on any atom is 0.433 e. The molecule has 1 aliphatic rings. The van der Waals surface area contributed by atoms with Crippen LogP contribution in [0, 0.1) is 0 Å². The number of amides is 1. The van der Waals surface area contributed by atoms with E-state index in [1.807, 2.05) is 0 Å². The van der Waals surface area contributed by atoms with Crippen molar-refractivity contribution in [2.75, 3.05) is 5.32 Å². The number of anilines is 1. The molecule has 112 valence electrons. The fourth-order valence-corrected chi connectivity index (χ4v) is 2.37. The van der Waals surface area contributed by atoms with Gasteiger partial charge in [-0.05, 0) is 31.4 Å². The Morgan fingerprint density at radius 2 is 2.05 bits per heavy atom. The van der Waals surface area contributed by atoms with Crippen molar-refractivity contribution in [2.45, 2.75) is 38.4 Å². The third kappa shape index (κ3) is 2.45. The fourth-order valence-electron chi connectivity index (χ4n) is 2.37. The Labute approximate surface area is 118 Å². The molecule has 2 aromatic rings. The first-order chi connectivity index (χ1) is 9.86. The van der Waals surface area contributed by atoms with Gasteiger partial charge in [0, 0.05) is 13.0 Å². The predicted molar refractivity (Wildman–Crippen MR) is 69.7 cm³/mol. The van der Waals surface area contributed by atoms with E-state index < -0.39 is 11.9 Å². The van der Waals surface area contributed by atoms with Crippen molar-refractivity contribution in [3.63, 3.8) is 0 Å². The summed E-state index contributed by atoms with van der Waals surface area (Å²) in [4.78, 5) is 19.1. The molecule has 1 amide bonds. The van der Waals surface area contributed by atoms with E-state index >= 15 is 0 Å². The summed E-state index contributed by atoms with van der Waals surface area (Å²) < 4.78 is 40.0. The number of carbonyl (C=O) groups excluding carboxylic acids is 1. The molecule has 5 nitrogen and oxygen atoms in total. The summed E-state index contributed by atoms with van der Waals surface area (Å²) in [5, 5.41) is 2.56. The molecular formula is C13H13F3N4O. The van der Waals surface area contributed by atoms with Crippen molar-refractivity contribution in [1.29, 1.82) is 0 Å². The summed E-state index contributed by atoms with van der Waals surface area (Å²) in [5.74, 6) is -0.0593. The molecule has 1 aliphatic carbocycles. The molecular weight excluding hydrogens is 285 g/mol. The third-order valence-electron chi connectivity index (χ3n) is 3.56. The Morgan fingerprint density at radius 3 is 2.57 bits per heavy atom. The van der Waals surface area contributed by atoms with Gasteiger partial charge in [0.15, 0.2) is 5.65 Å². The molecule has 1 fully saturated rings. The van der Waals surface area contributed by atoms with Gasteiger partial charge in [0.25, 0.3) is 0 Å². The van der Waals surface area contributed by atoms with Gasteiger partial charge in [-0.15, -0.1) is 0 Å². The second kappa shape index (κ2) is 4.71. The Morgan fingerprint density at radius 1 is 1.33 bits per heavy atom. The lowest BCUT2D eigenvalue weighted by atomic mass is 9.93. The average molecular weight is 298 g/mol. The predicted octanol–water partition coefficient (Wildman–Crippen LogP) is 3.13. The third-order valence-corrected chi connectivity index (χ3v) is 3.56. The standard InChI is InChI=1S/C13H13F3N4O/c1-7(21)17-12-18-9-5-6-10(13(14,15)16)19-11(9)20(12)8-3-2-4-8/h5-6,8H,2-4H2,1H3,(H,17,18,21). The van der Waals surface area contributed by atoms with Crippen molar-refractivity contribution in [1.82, 2.24) is 14.5 Å². The first-order valence-electron chi connectivity index (χ1n) is 6.60. The molecule has 0 spiro atoms. The van der Waals surface area contributed by atoms with Gasteiger partial charge in [-0.3, -0.25) is 14.7 Å². The smallest absolute Gasteiger partial charge is 0.296 e. The maximum absolute atomic E-state index is 12.8. The van der Waals surface area contributed by atoms with E-state index in [4.69, 9.17) is 0 Å². The topological polar surface area (TPSA) is 59.8 Å². The van der Waals surface area contributed by atoms with E-state index in [-0.39, 0.29) is 23.5 Å². The summed E-state index contributed by atoms with van der Waals surface area (Å²) in [7, 11) is 0. The van der Waals surface area contributed by atoms with Crippen LogP contribution < -0.4 is 5.32 Å². The fraction of sp³-hybridized carbons (Fsp3) is 0.462. The van der Waals surface area contributed by atoms with Crippen LogP contribution in [0.1, 0.15) is 37.9 Å². The van der Waals surface area contributed by atoms with Crippen LogP contribution in [0.4, 0.5) is 19.1 Å². The van der Waals surface area contributed by atoms with Gasteiger partial charge in [-0.25, -0.2) is 9.97 Å². The van der Waals surface area contributed by atoms with Crippen LogP contribution in [0.3, 0.4) is 0 Å². The van der Waals surface area contributed by atoms with E-state index in [0.29, 0.717) is 5.52 Å². The molecule has 0 atom stereocenters. The number of halogens is 3. The van der Waals surface area contributed by atoms with E-state index in [9.17, 15) is 18.0 Å². The number of alkyl halides is 3. The van der Waals surface area contributed by atoms with Crippen LogP contribution in [-0.4, -0.2) is 20.4 Å². The lowest BCUT2D eigenvalue weighted by Crippen LogP contribution is -2.21. The number of pyridine rings is 1. The van der Waals surface area contributed by atoms with Gasteiger partial charge >= 0.3 is 6.18 Å². The zero-order valence-electron chi connectivity index (χ0n) is 11.2. The van der Waals surface area contributed by atoms with E-state index in [1.54, 1.807) is 4.57 Å². The molecule has 0 aliphatic heterocycles. The number of nitrogens with one attached hydrogen (secondary N) is 1. The highest BCUT2D eigenvalue weighted by atomic mass is 19.4. The zero-order chi connectivity index (χ0) is 15.2. The largest absolute Gasteiger partial charge is 0.433 e. The van der Waals surface area contributed by atoms with Crippen LogP contribution in [0.15, 0.2) is 12.1 Å². The Hall–Kier alpha value is -2.12. The van der Waals surface area contributed by atoms with E-state index in [1.165, 1.54) is 13.0 Å². The lowest BCUT2D eigenvalue weighted by Gasteiger charge is -2.28. The summed E-state index contributed by atoms with van der Waals surface area (Å²) in [6.45, 7) is 1.33. The number of carbonyl (C=O) groups is 1. The number of imidazole rings is 1. The number of hydrogen-bond acceptors (Lipinski definition) is 3. The second-order valence-electron chi connectivity index (χ2n) is 5.11. The van der Waals surface area contributed by atoms with Crippen LogP contribution in [0.2, 0.25) is 0 Å². The molecule has 0 aromatic carbocycles. The summed E-state index contributed by atoms with van der Waals surface area (Å²) in [6.07, 6.45) is -1.81. The van der Waals surface area contributed by atoms with Crippen LogP contribution in [-0.2, 0) is 11.0 Å². The molecule has 21 heavy (non-hydrogen) atoms. The lowest BCUT2D eigenvalue weighted by molar-refractivity contribution is -0.141. The second-order valence-corrected chi connectivity index (χ2v) is 5.11. The molecule has 2 aromatic heterocycles. The number of hydrogen-bond donors (Lipinski definition) is 1. The summed E-state index contributed by atoms with van der Waals surface area (Å²) >= 11 is 0. The minimum Gasteiger partial charge on any atom is -0.296 e. The molecule has 2 heterocycles. The Kier molecular flexibility index (Phi) is 3.11. The van der Waals surface area contributed by atoms with E-state index in [2.05, 4.69) is 15.3 Å².